The minimum atomic E-state index is -0.639. The predicted molar refractivity (Wildman–Crippen MR) is 96.3 cm³/mol. The van der Waals surface area contributed by atoms with Gasteiger partial charge in [0, 0.05) is 6.04 Å². The molecule has 2 aromatic rings. The number of amides is 2. The summed E-state index contributed by atoms with van der Waals surface area (Å²) in [6.45, 7) is 5.99. The first-order chi connectivity index (χ1) is 12.5. The Morgan fingerprint density at radius 3 is 2.50 bits per heavy atom. The van der Waals surface area contributed by atoms with Gasteiger partial charge in [0.05, 0.1) is 6.54 Å². The van der Waals surface area contributed by atoms with Crippen LogP contribution in [0.5, 0.6) is 5.75 Å². The molecule has 0 saturated heterocycles. The van der Waals surface area contributed by atoms with Crippen molar-refractivity contribution >= 4 is 11.8 Å². The Morgan fingerprint density at radius 2 is 1.88 bits per heavy atom. The summed E-state index contributed by atoms with van der Waals surface area (Å²) in [7, 11) is 0. The highest BCUT2D eigenvalue weighted by Crippen LogP contribution is 2.08. The number of ether oxygens (including phenoxy) is 1. The number of rotatable bonds is 9. The van der Waals surface area contributed by atoms with Crippen LogP contribution in [0.1, 0.15) is 20.8 Å². The highest BCUT2D eigenvalue weighted by atomic mass is 16.5. The van der Waals surface area contributed by atoms with Crippen LogP contribution in [0.25, 0.3) is 0 Å². The lowest BCUT2D eigenvalue weighted by Crippen LogP contribution is -2.53. The molecule has 0 saturated carbocycles. The molecule has 0 aliphatic rings. The Morgan fingerprint density at radius 1 is 1.15 bits per heavy atom. The second-order valence-corrected chi connectivity index (χ2v) is 6.42. The monoisotopic (exact) mass is 359 g/mol. The van der Waals surface area contributed by atoms with Gasteiger partial charge in [-0.05, 0) is 25.0 Å². The van der Waals surface area contributed by atoms with Crippen LogP contribution in [0.15, 0.2) is 43.0 Å². The summed E-state index contributed by atoms with van der Waals surface area (Å²) in [5.41, 5.74) is 0. The third-order valence-electron chi connectivity index (χ3n) is 3.69. The van der Waals surface area contributed by atoms with Crippen LogP contribution in [0.2, 0.25) is 0 Å². The molecule has 1 aromatic heterocycles. The third-order valence-corrected chi connectivity index (χ3v) is 3.69. The summed E-state index contributed by atoms with van der Waals surface area (Å²) in [5, 5.41) is 9.65. The van der Waals surface area contributed by atoms with E-state index in [4.69, 9.17) is 4.74 Å². The van der Waals surface area contributed by atoms with Crippen LogP contribution < -0.4 is 15.4 Å². The van der Waals surface area contributed by atoms with Gasteiger partial charge in [-0.25, -0.2) is 4.98 Å². The summed E-state index contributed by atoms with van der Waals surface area (Å²) in [6, 6.07) is 8.27. The fourth-order valence-corrected chi connectivity index (χ4v) is 2.40. The van der Waals surface area contributed by atoms with Gasteiger partial charge in [0.15, 0.2) is 6.61 Å². The van der Waals surface area contributed by atoms with E-state index in [1.165, 1.54) is 6.33 Å². The number of nitrogens with zero attached hydrogens (tertiary/aromatic N) is 3. The fourth-order valence-electron chi connectivity index (χ4n) is 2.40. The molecule has 2 amide bonds. The van der Waals surface area contributed by atoms with Crippen LogP contribution in [0.3, 0.4) is 0 Å². The van der Waals surface area contributed by atoms with E-state index in [9.17, 15) is 9.59 Å². The van der Waals surface area contributed by atoms with E-state index < -0.39 is 6.04 Å². The maximum Gasteiger partial charge on any atom is 0.258 e. The highest BCUT2D eigenvalue weighted by molar-refractivity contribution is 5.88. The molecule has 0 radical (unpaired) electrons. The SMILES string of the molecule is CC(Cn1cncn1)NC(=O)C(NC(=O)COc1ccccc1)C(C)C. The molecule has 2 atom stereocenters. The average Bonchev–Trinajstić information content (AvgIpc) is 3.11. The zero-order chi connectivity index (χ0) is 18.9. The Labute approximate surface area is 153 Å². The lowest BCUT2D eigenvalue weighted by molar-refractivity contribution is -0.131. The Balaban J connectivity index is 1.84. The summed E-state index contributed by atoms with van der Waals surface area (Å²) in [4.78, 5) is 28.5. The molecule has 0 spiro atoms. The normalized spacial score (nSPS) is 13.1. The summed E-state index contributed by atoms with van der Waals surface area (Å²) < 4.78 is 7.06. The molecule has 0 aliphatic carbocycles. The van der Waals surface area contributed by atoms with E-state index in [1.807, 2.05) is 39.0 Å². The van der Waals surface area contributed by atoms with Crippen molar-refractivity contribution in [2.24, 2.45) is 5.92 Å². The van der Waals surface area contributed by atoms with Crippen molar-refractivity contribution in [3.8, 4) is 5.75 Å². The number of benzene rings is 1. The Bertz CT molecular complexity index is 688. The maximum absolute atomic E-state index is 12.5. The number of carbonyl (C=O) groups excluding carboxylic acids is 2. The molecule has 2 unspecified atom stereocenters. The Hall–Kier alpha value is -2.90. The molecule has 0 aliphatic heterocycles. The van der Waals surface area contributed by atoms with Gasteiger partial charge < -0.3 is 15.4 Å². The number of hydrogen-bond donors (Lipinski definition) is 2. The number of nitrogens with one attached hydrogen (secondary N) is 2. The van der Waals surface area contributed by atoms with Crippen molar-refractivity contribution in [2.75, 3.05) is 6.61 Å². The predicted octanol–water partition coefficient (Wildman–Crippen LogP) is 1.00. The average molecular weight is 359 g/mol. The van der Waals surface area contributed by atoms with E-state index in [0.717, 1.165) is 0 Å². The van der Waals surface area contributed by atoms with E-state index in [-0.39, 0.29) is 30.4 Å². The molecule has 1 heterocycles. The minimum absolute atomic E-state index is 0.0609. The van der Waals surface area contributed by atoms with E-state index >= 15 is 0 Å². The first-order valence-corrected chi connectivity index (χ1v) is 8.55. The zero-order valence-electron chi connectivity index (χ0n) is 15.3. The number of hydrogen-bond acceptors (Lipinski definition) is 5. The van der Waals surface area contributed by atoms with Crippen LogP contribution in [0.4, 0.5) is 0 Å². The quantitative estimate of drug-likeness (QED) is 0.696. The van der Waals surface area contributed by atoms with E-state index in [1.54, 1.807) is 23.1 Å². The maximum atomic E-state index is 12.5. The van der Waals surface area contributed by atoms with Gasteiger partial charge in [0.1, 0.15) is 24.4 Å². The van der Waals surface area contributed by atoms with E-state index in [0.29, 0.717) is 12.3 Å². The molecule has 0 bridgehead atoms. The molecular weight excluding hydrogens is 334 g/mol. The minimum Gasteiger partial charge on any atom is -0.484 e. The molecule has 2 rings (SSSR count). The smallest absolute Gasteiger partial charge is 0.258 e. The molecule has 1 aromatic carbocycles. The second kappa shape index (κ2) is 9.55. The van der Waals surface area contributed by atoms with Crippen molar-refractivity contribution in [2.45, 2.75) is 39.4 Å². The fraction of sp³-hybridized carbons (Fsp3) is 0.444. The lowest BCUT2D eigenvalue weighted by atomic mass is 10.0. The lowest BCUT2D eigenvalue weighted by Gasteiger charge is -2.24. The molecule has 8 heteroatoms. The van der Waals surface area contributed by atoms with Gasteiger partial charge in [-0.1, -0.05) is 32.0 Å². The highest BCUT2D eigenvalue weighted by Gasteiger charge is 2.25. The summed E-state index contributed by atoms with van der Waals surface area (Å²) in [6.07, 6.45) is 3.03. The van der Waals surface area contributed by atoms with Crippen molar-refractivity contribution < 1.29 is 14.3 Å². The van der Waals surface area contributed by atoms with Gasteiger partial charge >= 0.3 is 0 Å². The van der Waals surface area contributed by atoms with Crippen LogP contribution in [0, 0.1) is 5.92 Å². The van der Waals surface area contributed by atoms with Gasteiger partial charge in [-0.15, -0.1) is 0 Å². The van der Waals surface area contributed by atoms with Gasteiger partial charge in [0.2, 0.25) is 5.91 Å². The third kappa shape index (κ3) is 6.19. The van der Waals surface area contributed by atoms with Crippen molar-refractivity contribution in [3.05, 3.63) is 43.0 Å². The molecule has 8 nitrogen and oxygen atoms in total. The largest absolute Gasteiger partial charge is 0.484 e. The molecule has 0 fully saturated rings. The van der Waals surface area contributed by atoms with Crippen LogP contribution in [-0.2, 0) is 16.1 Å². The van der Waals surface area contributed by atoms with E-state index in [2.05, 4.69) is 20.7 Å². The van der Waals surface area contributed by atoms with Crippen molar-refractivity contribution in [1.82, 2.24) is 25.4 Å². The Kier molecular flexibility index (Phi) is 7.13. The topological polar surface area (TPSA) is 98.1 Å². The summed E-state index contributed by atoms with van der Waals surface area (Å²) in [5.74, 6) is -0.0313. The first kappa shape index (κ1) is 19.4. The van der Waals surface area contributed by atoms with Gasteiger partial charge in [-0.3, -0.25) is 14.3 Å². The summed E-state index contributed by atoms with van der Waals surface area (Å²) >= 11 is 0. The molecule has 2 N–H and O–H groups in total. The molecular formula is C18H25N5O3. The van der Waals surface area contributed by atoms with Crippen molar-refractivity contribution in [1.29, 1.82) is 0 Å². The second-order valence-electron chi connectivity index (χ2n) is 6.42. The van der Waals surface area contributed by atoms with Crippen LogP contribution >= 0.6 is 0 Å². The van der Waals surface area contributed by atoms with Gasteiger partial charge in [0.25, 0.3) is 5.91 Å². The molecule has 140 valence electrons. The number of carbonyl (C=O) groups is 2. The van der Waals surface area contributed by atoms with Crippen molar-refractivity contribution in [3.63, 3.8) is 0 Å². The zero-order valence-corrected chi connectivity index (χ0v) is 15.3. The number of para-hydroxylation sites is 1. The first-order valence-electron chi connectivity index (χ1n) is 8.55. The number of aromatic nitrogens is 3. The van der Waals surface area contributed by atoms with Crippen LogP contribution in [-0.4, -0.2) is 45.3 Å². The van der Waals surface area contributed by atoms with Gasteiger partial charge in [-0.2, -0.15) is 5.10 Å². The standard InChI is InChI=1S/C18H25N5O3/c1-13(2)17(18(25)21-14(3)9-23-12-19-11-20-23)22-16(24)10-26-15-7-5-4-6-8-15/h4-8,11-14,17H,9-10H2,1-3H3,(H,21,25)(H,22,24). The molecule has 26 heavy (non-hydrogen) atoms.